The summed E-state index contributed by atoms with van der Waals surface area (Å²) in [5, 5.41) is 9.71. The van der Waals surface area contributed by atoms with Gasteiger partial charge in [-0.2, -0.15) is 0 Å². The van der Waals surface area contributed by atoms with Gasteiger partial charge < -0.3 is 0 Å². The first-order valence-electron chi connectivity index (χ1n) is 4.85. The third kappa shape index (κ3) is 1.65. The van der Waals surface area contributed by atoms with E-state index >= 15 is 0 Å². The molecular formula is C11H13ClO2. The van der Waals surface area contributed by atoms with Gasteiger partial charge >= 0.3 is 0 Å². The lowest BCUT2D eigenvalue weighted by molar-refractivity contribution is -0.327. The molecule has 1 aromatic rings. The molecule has 0 spiro atoms. The molecule has 0 aliphatic heterocycles. The average Bonchev–Trinajstić information content (AvgIpc) is 2.68. The van der Waals surface area contributed by atoms with E-state index in [1.165, 1.54) is 0 Å². The zero-order valence-corrected chi connectivity index (χ0v) is 8.63. The third-order valence-electron chi connectivity index (χ3n) is 2.96. The second-order valence-corrected chi connectivity index (χ2v) is 4.24. The van der Waals surface area contributed by atoms with Crippen LogP contribution in [-0.2, 0) is 10.5 Å². The summed E-state index contributed by atoms with van der Waals surface area (Å²) in [5.41, 5.74) is 0.534. The summed E-state index contributed by atoms with van der Waals surface area (Å²) in [5.74, 6) is 0. The highest BCUT2D eigenvalue weighted by Crippen LogP contribution is 2.41. The van der Waals surface area contributed by atoms with E-state index in [-0.39, 0.29) is 0 Å². The van der Waals surface area contributed by atoms with Crippen LogP contribution in [0.1, 0.15) is 31.2 Å². The molecule has 3 heteroatoms. The van der Waals surface area contributed by atoms with E-state index < -0.39 is 5.60 Å². The molecule has 76 valence electrons. The Balaban J connectivity index is 2.31. The van der Waals surface area contributed by atoms with Crippen molar-refractivity contribution in [3.63, 3.8) is 0 Å². The molecule has 0 unspecified atom stereocenters. The molecule has 0 aromatic heterocycles. The van der Waals surface area contributed by atoms with Crippen LogP contribution in [0.5, 0.6) is 0 Å². The molecule has 1 aliphatic rings. The van der Waals surface area contributed by atoms with Crippen LogP contribution >= 0.6 is 11.6 Å². The Hall–Kier alpha value is -0.570. The monoisotopic (exact) mass is 212 g/mol. The summed E-state index contributed by atoms with van der Waals surface area (Å²) in [4.78, 5) is 4.68. The molecule has 0 radical (unpaired) electrons. The summed E-state index contributed by atoms with van der Waals surface area (Å²) in [6, 6.07) is 7.50. The standard InChI is InChI=1S/C11H13ClO2/c12-10-5-3-9(4-6-10)11(14-13)7-1-2-8-11/h3-6,13H,1-2,7-8H2. The van der Waals surface area contributed by atoms with E-state index in [1.54, 1.807) is 0 Å². The third-order valence-corrected chi connectivity index (χ3v) is 3.21. The minimum Gasteiger partial charge on any atom is -0.251 e. The highest BCUT2D eigenvalue weighted by molar-refractivity contribution is 6.30. The summed E-state index contributed by atoms with van der Waals surface area (Å²) in [7, 11) is 0. The molecule has 0 heterocycles. The highest BCUT2D eigenvalue weighted by Gasteiger charge is 2.37. The molecular weight excluding hydrogens is 200 g/mol. The molecule has 0 bridgehead atoms. The number of hydrogen-bond acceptors (Lipinski definition) is 2. The van der Waals surface area contributed by atoms with Crippen LogP contribution < -0.4 is 0 Å². The number of rotatable bonds is 2. The second kappa shape index (κ2) is 3.89. The zero-order valence-electron chi connectivity index (χ0n) is 7.87. The fourth-order valence-electron chi connectivity index (χ4n) is 2.13. The smallest absolute Gasteiger partial charge is 0.128 e. The van der Waals surface area contributed by atoms with Crippen LogP contribution in [0.25, 0.3) is 0 Å². The van der Waals surface area contributed by atoms with E-state index in [0.717, 1.165) is 31.2 Å². The van der Waals surface area contributed by atoms with Crippen LogP contribution in [0.3, 0.4) is 0 Å². The van der Waals surface area contributed by atoms with Gasteiger partial charge in [0, 0.05) is 5.02 Å². The number of benzene rings is 1. The van der Waals surface area contributed by atoms with Gasteiger partial charge in [0.15, 0.2) is 0 Å². The van der Waals surface area contributed by atoms with Gasteiger partial charge in [-0.05, 0) is 43.4 Å². The zero-order chi connectivity index (χ0) is 10.0. The first-order chi connectivity index (χ1) is 6.77. The molecule has 0 saturated heterocycles. The van der Waals surface area contributed by atoms with Crippen LogP contribution in [0.15, 0.2) is 24.3 Å². The number of hydrogen-bond donors (Lipinski definition) is 1. The second-order valence-electron chi connectivity index (χ2n) is 3.80. The van der Waals surface area contributed by atoms with Crippen molar-refractivity contribution in [2.75, 3.05) is 0 Å². The van der Waals surface area contributed by atoms with Gasteiger partial charge in [-0.1, -0.05) is 23.7 Å². The van der Waals surface area contributed by atoms with Crippen molar-refractivity contribution in [3.8, 4) is 0 Å². The molecule has 1 aliphatic carbocycles. The van der Waals surface area contributed by atoms with Gasteiger partial charge in [0.1, 0.15) is 5.60 Å². The molecule has 1 N–H and O–H groups in total. The minimum atomic E-state index is -0.482. The molecule has 2 nitrogen and oxygen atoms in total. The van der Waals surface area contributed by atoms with E-state index in [2.05, 4.69) is 4.89 Å². The van der Waals surface area contributed by atoms with Gasteiger partial charge in [-0.3, -0.25) is 5.26 Å². The summed E-state index contributed by atoms with van der Waals surface area (Å²) in [6.45, 7) is 0. The van der Waals surface area contributed by atoms with Crippen molar-refractivity contribution in [2.45, 2.75) is 31.3 Å². The van der Waals surface area contributed by atoms with Crippen LogP contribution in [0, 0.1) is 0 Å². The van der Waals surface area contributed by atoms with E-state index in [4.69, 9.17) is 16.9 Å². The molecule has 14 heavy (non-hydrogen) atoms. The predicted octanol–water partition coefficient (Wildman–Crippen LogP) is 3.60. The van der Waals surface area contributed by atoms with Crippen LogP contribution in [-0.4, -0.2) is 5.26 Å². The molecule has 2 rings (SSSR count). The van der Waals surface area contributed by atoms with Crippen molar-refractivity contribution in [2.24, 2.45) is 0 Å². The van der Waals surface area contributed by atoms with E-state index in [1.807, 2.05) is 24.3 Å². The fourth-order valence-corrected chi connectivity index (χ4v) is 2.26. The SMILES string of the molecule is OOC1(c2ccc(Cl)cc2)CCCC1. The fraction of sp³-hybridized carbons (Fsp3) is 0.455. The first kappa shape index (κ1) is 9.97. The molecule has 1 fully saturated rings. The molecule has 0 atom stereocenters. The predicted molar refractivity (Wildman–Crippen MR) is 55.3 cm³/mol. The van der Waals surface area contributed by atoms with Crippen LogP contribution in [0.4, 0.5) is 0 Å². The quantitative estimate of drug-likeness (QED) is 0.600. The van der Waals surface area contributed by atoms with Gasteiger partial charge in [0.05, 0.1) is 0 Å². The van der Waals surface area contributed by atoms with Gasteiger partial charge in [-0.25, -0.2) is 4.89 Å². The van der Waals surface area contributed by atoms with Crippen LogP contribution in [0.2, 0.25) is 5.02 Å². The first-order valence-corrected chi connectivity index (χ1v) is 5.23. The minimum absolute atomic E-state index is 0.482. The Bertz CT molecular complexity index is 302. The Morgan fingerprint density at radius 1 is 1.14 bits per heavy atom. The van der Waals surface area contributed by atoms with Crippen molar-refractivity contribution >= 4 is 11.6 Å². The van der Waals surface area contributed by atoms with Crippen molar-refractivity contribution in [1.29, 1.82) is 0 Å². The highest BCUT2D eigenvalue weighted by atomic mass is 35.5. The Morgan fingerprint density at radius 2 is 1.71 bits per heavy atom. The van der Waals surface area contributed by atoms with E-state index in [9.17, 15) is 0 Å². The maximum atomic E-state index is 9.01. The van der Waals surface area contributed by atoms with E-state index in [0.29, 0.717) is 5.02 Å². The summed E-state index contributed by atoms with van der Waals surface area (Å²) >= 11 is 5.80. The maximum absolute atomic E-state index is 9.01. The Morgan fingerprint density at radius 3 is 2.21 bits per heavy atom. The average molecular weight is 213 g/mol. The van der Waals surface area contributed by atoms with Gasteiger partial charge in [-0.15, -0.1) is 0 Å². The largest absolute Gasteiger partial charge is 0.251 e. The maximum Gasteiger partial charge on any atom is 0.128 e. The normalized spacial score (nSPS) is 19.9. The summed E-state index contributed by atoms with van der Waals surface area (Å²) < 4.78 is 0. The lowest BCUT2D eigenvalue weighted by Gasteiger charge is -2.25. The van der Waals surface area contributed by atoms with Crippen molar-refractivity contribution in [1.82, 2.24) is 0 Å². The van der Waals surface area contributed by atoms with Crippen molar-refractivity contribution in [3.05, 3.63) is 34.9 Å². The molecule has 0 amide bonds. The molecule has 1 aromatic carbocycles. The topological polar surface area (TPSA) is 29.5 Å². The van der Waals surface area contributed by atoms with Gasteiger partial charge in [0.25, 0.3) is 0 Å². The number of halogens is 1. The Labute approximate surface area is 88.4 Å². The molecule has 1 saturated carbocycles. The Kier molecular flexibility index (Phi) is 2.77. The lowest BCUT2D eigenvalue weighted by Crippen LogP contribution is -2.24. The summed E-state index contributed by atoms with van der Waals surface area (Å²) in [6.07, 6.45) is 3.96. The van der Waals surface area contributed by atoms with Crippen molar-refractivity contribution < 1.29 is 10.1 Å². The van der Waals surface area contributed by atoms with Gasteiger partial charge in [0.2, 0.25) is 0 Å². The lowest BCUT2D eigenvalue weighted by atomic mass is 9.92.